The molecule has 2 bridgehead atoms. The standard InChI is InChI=1S/C24H34O4/c1-17(18-9-5-4-6-10-18)21(25)14-13-20-19(22-15-16-23(20)28-22)11-7-2-3-8-12-24(26)27/h4-6,9-10,13-14,17,19-23,25H,2-3,7-8,11-12,15-16H2,1H3,(H,26,27)/t17?,19-,20+,21?,22-,23+/m1/s1. The van der Waals surface area contributed by atoms with Gasteiger partial charge in [-0.2, -0.15) is 0 Å². The molecule has 0 aromatic heterocycles. The van der Waals surface area contributed by atoms with E-state index in [4.69, 9.17) is 9.84 Å². The average molecular weight is 387 g/mol. The minimum absolute atomic E-state index is 0.0737. The Morgan fingerprint density at radius 1 is 1.14 bits per heavy atom. The number of carboxylic acid groups (broad SMARTS) is 1. The fourth-order valence-corrected chi connectivity index (χ4v) is 4.83. The second kappa shape index (κ2) is 10.2. The summed E-state index contributed by atoms with van der Waals surface area (Å²) in [5.74, 6) is 0.309. The summed E-state index contributed by atoms with van der Waals surface area (Å²) in [6, 6.07) is 10.2. The maximum atomic E-state index is 10.6. The summed E-state index contributed by atoms with van der Waals surface area (Å²) in [7, 11) is 0. The van der Waals surface area contributed by atoms with Gasteiger partial charge in [-0.1, -0.05) is 68.7 Å². The van der Waals surface area contributed by atoms with Gasteiger partial charge in [-0.25, -0.2) is 0 Å². The van der Waals surface area contributed by atoms with Gasteiger partial charge in [0.15, 0.2) is 0 Å². The summed E-state index contributed by atoms with van der Waals surface area (Å²) < 4.78 is 6.17. The zero-order valence-corrected chi connectivity index (χ0v) is 16.9. The highest BCUT2D eigenvalue weighted by atomic mass is 16.5. The molecule has 6 atom stereocenters. The monoisotopic (exact) mass is 386 g/mol. The van der Waals surface area contributed by atoms with Crippen LogP contribution < -0.4 is 0 Å². The number of aliphatic carboxylic acids is 1. The number of rotatable bonds is 11. The maximum absolute atomic E-state index is 10.6. The highest BCUT2D eigenvalue weighted by Crippen LogP contribution is 2.46. The van der Waals surface area contributed by atoms with Crippen LogP contribution >= 0.6 is 0 Å². The van der Waals surface area contributed by atoms with Crippen LogP contribution in [0.25, 0.3) is 0 Å². The summed E-state index contributed by atoms with van der Waals surface area (Å²) >= 11 is 0. The number of fused-ring (bicyclic) bond motifs is 2. The molecule has 154 valence electrons. The lowest BCUT2D eigenvalue weighted by atomic mass is 9.76. The smallest absolute Gasteiger partial charge is 0.303 e. The molecule has 2 saturated heterocycles. The van der Waals surface area contributed by atoms with Crippen molar-refractivity contribution in [3.63, 3.8) is 0 Å². The summed E-state index contributed by atoms with van der Waals surface area (Å²) in [5, 5.41) is 19.4. The van der Waals surface area contributed by atoms with Gasteiger partial charge in [0.1, 0.15) is 0 Å². The second-order valence-corrected chi connectivity index (χ2v) is 8.45. The molecule has 0 spiro atoms. The van der Waals surface area contributed by atoms with Crippen molar-refractivity contribution in [2.24, 2.45) is 11.8 Å². The van der Waals surface area contributed by atoms with Gasteiger partial charge in [0.2, 0.25) is 0 Å². The Bertz CT molecular complexity index is 641. The van der Waals surface area contributed by atoms with Crippen LogP contribution in [-0.2, 0) is 9.53 Å². The summed E-state index contributed by atoms with van der Waals surface area (Å²) in [6.07, 6.45) is 12.0. The fraction of sp³-hybridized carbons (Fsp3) is 0.625. The van der Waals surface area contributed by atoms with E-state index in [1.165, 1.54) is 0 Å². The van der Waals surface area contributed by atoms with E-state index in [9.17, 15) is 9.90 Å². The van der Waals surface area contributed by atoms with Gasteiger partial charge in [-0.3, -0.25) is 4.79 Å². The Morgan fingerprint density at radius 2 is 1.86 bits per heavy atom. The third-order valence-corrected chi connectivity index (χ3v) is 6.53. The molecule has 28 heavy (non-hydrogen) atoms. The summed E-state index contributed by atoms with van der Waals surface area (Å²) in [6.45, 7) is 2.07. The van der Waals surface area contributed by atoms with Gasteiger partial charge in [0, 0.05) is 18.3 Å². The van der Waals surface area contributed by atoms with E-state index in [0.29, 0.717) is 24.0 Å². The van der Waals surface area contributed by atoms with Crippen LogP contribution in [0.2, 0.25) is 0 Å². The first-order chi connectivity index (χ1) is 13.6. The Labute approximate surface area is 168 Å². The predicted octanol–water partition coefficient (Wildman–Crippen LogP) is 4.93. The zero-order valence-electron chi connectivity index (χ0n) is 16.9. The van der Waals surface area contributed by atoms with Crippen molar-refractivity contribution in [3.8, 4) is 0 Å². The molecular formula is C24H34O4. The molecule has 2 unspecified atom stereocenters. The molecule has 2 fully saturated rings. The lowest BCUT2D eigenvalue weighted by Crippen LogP contribution is -2.26. The molecule has 1 aromatic carbocycles. The highest BCUT2D eigenvalue weighted by molar-refractivity contribution is 5.66. The SMILES string of the molecule is CC(c1ccccc1)C(O)C=C[C@H]1[C@@H](CCCCCCC(=O)O)[C@H]2CC[C@@H]1O2. The van der Waals surface area contributed by atoms with Gasteiger partial charge in [0.25, 0.3) is 0 Å². The van der Waals surface area contributed by atoms with Gasteiger partial charge < -0.3 is 14.9 Å². The molecule has 2 aliphatic rings. The van der Waals surface area contributed by atoms with Crippen LogP contribution in [-0.4, -0.2) is 34.5 Å². The van der Waals surface area contributed by atoms with E-state index in [1.54, 1.807) is 0 Å². The Hall–Kier alpha value is -1.65. The fourth-order valence-electron chi connectivity index (χ4n) is 4.83. The average Bonchev–Trinajstić information content (AvgIpc) is 3.30. The minimum atomic E-state index is -0.699. The predicted molar refractivity (Wildman–Crippen MR) is 110 cm³/mol. The lowest BCUT2D eigenvalue weighted by molar-refractivity contribution is -0.137. The largest absolute Gasteiger partial charge is 0.481 e. The number of carbonyl (C=O) groups is 1. The van der Waals surface area contributed by atoms with E-state index in [1.807, 2.05) is 24.3 Å². The molecule has 4 nitrogen and oxygen atoms in total. The Morgan fingerprint density at radius 3 is 2.61 bits per heavy atom. The molecule has 2 N–H and O–H groups in total. The number of hydrogen-bond acceptors (Lipinski definition) is 3. The highest BCUT2D eigenvalue weighted by Gasteiger charge is 2.47. The lowest BCUT2D eigenvalue weighted by Gasteiger charge is -2.26. The van der Waals surface area contributed by atoms with Crippen molar-refractivity contribution in [1.29, 1.82) is 0 Å². The van der Waals surface area contributed by atoms with Gasteiger partial charge in [-0.15, -0.1) is 0 Å². The number of carboxylic acids is 1. The van der Waals surface area contributed by atoms with Crippen molar-refractivity contribution < 1.29 is 19.7 Å². The van der Waals surface area contributed by atoms with Crippen molar-refractivity contribution in [1.82, 2.24) is 0 Å². The third-order valence-electron chi connectivity index (χ3n) is 6.53. The molecule has 0 saturated carbocycles. The molecule has 0 aliphatic carbocycles. The van der Waals surface area contributed by atoms with Crippen molar-refractivity contribution in [2.45, 2.75) is 82.5 Å². The number of hydrogen-bond donors (Lipinski definition) is 2. The van der Waals surface area contributed by atoms with E-state index in [2.05, 4.69) is 25.1 Å². The normalized spacial score (nSPS) is 28.6. The van der Waals surface area contributed by atoms with Gasteiger partial charge >= 0.3 is 5.97 Å². The zero-order chi connectivity index (χ0) is 19.9. The number of unbranched alkanes of at least 4 members (excludes halogenated alkanes) is 3. The Kier molecular flexibility index (Phi) is 7.69. The molecule has 4 heteroatoms. The molecule has 3 rings (SSSR count). The minimum Gasteiger partial charge on any atom is -0.481 e. The molecule has 1 aromatic rings. The van der Waals surface area contributed by atoms with Crippen LogP contribution in [0.3, 0.4) is 0 Å². The number of ether oxygens (including phenoxy) is 1. The summed E-state index contributed by atoms with van der Waals surface area (Å²) in [5.41, 5.74) is 1.15. The summed E-state index contributed by atoms with van der Waals surface area (Å²) in [4.78, 5) is 10.6. The Balaban J connectivity index is 1.50. The number of benzene rings is 1. The number of aliphatic hydroxyl groups excluding tert-OH is 1. The molecular weight excluding hydrogens is 352 g/mol. The van der Waals surface area contributed by atoms with E-state index < -0.39 is 12.1 Å². The van der Waals surface area contributed by atoms with Crippen molar-refractivity contribution in [2.75, 3.05) is 0 Å². The van der Waals surface area contributed by atoms with Crippen LogP contribution in [0.5, 0.6) is 0 Å². The van der Waals surface area contributed by atoms with Crippen LogP contribution in [0, 0.1) is 11.8 Å². The van der Waals surface area contributed by atoms with Crippen molar-refractivity contribution in [3.05, 3.63) is 48.0 Å². The van der Waals surface area contributed by atoms with Crippen LogP contribution in [0.1, 0.15) is 69.8 Å². The van der Waals surface area contributed by atoms with E-state index in [-0.39, 0.29) is 12.3 Å². The second-order valence-electron chi connectivity index (χ2n) is 8.45. The first-order valence-corrected chi connectivity index (χ1v) is 10.8. The van der Waals surface area contributed by atoms with Crippen molar-refractivity contribution >= 4 is 5.97 Å². The third kappa shape index (κ3) is 5.45. The molecule has 0 amide bonds. The first kappa shape index (κ1) is 21.1. The topological polar surface area (TPSA) is 66.8 Å². The molecule has 2 aliphatic heterocycles. The number of aliphatic hydroxyl groups is 1. The first-order valence-electron chi connectivity index (χ1n) is 10.8. The van der Waals surface area contributed by atoms with Gasteiger partial charge in [-0.05, 0) is 37.2 Å². The maximum Gasteiger partial charge on any atom is 0.303 e. The van der Waals surface area contributed by atoms with E-state index in [0.717, 1.165) is 50.5 Å². The van der Waals surface area contributed by atoms with Crippen LogP contribution in [0.4, 0.5) is 0 Å². The van der Waals surface area contributed by atoms with Crippen LogP contribution in [0.15, 0.2) is 42.5 Å². The molecule has 0 radical (unpaired) electrons. The quantitative estimate of drug-likeness (QED) is 0.418. The van der Waals surface area contributed by atoms with E-state index >= 15 is 0 Å². The molecule has 2 heterocycles. The van der Waals surface area contributed by atoms with Gasteiger partial charge in [0.05, 0.1) is 18.3 Å².